The Labute approximate surface area is 118 Å². The second-order valence-corrected chi connectivity index (χ2v) is 6.40. The minimum absolute atomic E-state index is 0.0917. The molecule has 1 spiro atoms. The zero-order valence-electron chi connectivity index (χ0n) is 11.7. The van der Waals surface area contributed by atoms with E-state index in [1.165, 1.54) is 25.6 Å². The monoisotopic (exact) mass is 277 g/mol. The molecule has 4 rings (SSSR count). The normalized spacial score (nSPS) is 38.8. The van der Waals surface area contributed by atoms with E-state index in [1.54, 1.807) is 6.92 Å². The van der Waals surface area contributed by atoms with Gasteiger partial charge in [0.15, 0.2) is 11.6 Å². The van der Waals surface area contributed by atoms with Crippen LogP contribution < -0.4 is 5.32 Å². The van der Waals surface area contributed by atoms with Crippen LogP contribution in [0.15, 0.2) is 6.33 Å². The van der Waals surface area contributed by atoms with E-state index < -0.39 is 0 Å². The van der Waals surface area contributed by atoms with Crippen LogP contribution in [0.3, 0.4) is 0 Å². The average Bonchev–Trinajstić information content (AvgIpc) is 2.70. The van der Waals surface area contributed by atoms with E-state index in [0.29, 0.717) is 17.4 Å². The number of halogens is 1. The number of rotatable bonds is 2. The highest BCUT2D eigenvalue weighted by atomic mass is 19.1. The van der Waals surface area contributed by atoms with E-state index in [1.807, 2.05) is 0 Å². The molecule has 0 radical (unpaired) electrons. The fourth-order valence-corrected chi connectivity index (χ4v) is 4.50. The molecule has 20 heavy (non-hydrogen) atoms. The van der Waals surface area contributed by atoms with Gasteiger partial charge in [0.1, 0.15) is 6.33 Å². The van der Waals surface area contributed by atoms with E-state index in [4.69, 9.17) is 4.74 Å². The highest BCUT2D eigenvalue weighted by molar-refractivity contribution is 5.39. The Kier molecular flexibility index (Phi) is 2.74. The molecule has 1 N–H and O–H groups in total. The fourth-order valence-electron chi connectivity index (χ4n) is 4.50. The van der Waals surface area contributed by atoms with Gasteiger partial charge in [-0.3, -0.25) is 0 Å². The number of aromatic nitrogens is 2. The lowest BCUT2D eigenvalue weighted by Crippen LogP contribution is -2.61. The van der Waals surface area contributed by atoms with Gasteiger partial charge < -0.3 is 10.1 Å². The van der Waals surface area contributed by atoms with Crippen molar-refractivity contribution in [2.24, 2.45) is 11.8 Å². The maximum Gasteiger partial charge on any atom is 0.186 e. The number of nitrogens with one attached hydrogen (secondary N) is 1. The Morgan fingerprint density at radius 2 is 2.30 bits per heavy atom. The number of nitrogens with zero attached hydrogens (tertiary/aromatic N) is 2. The summed E-state index contributed by atoms with van der Waals surface area (Å²) in [5.74, 6) is 1.27. The number of ether oxygens (including phenoxy) is 1. The maximum atomic E-state index is 14.0. The topological polar surface area (TPSA) is 47.0 Å². The van der Waals surface area contributed by atoms with E-state index in [-0.39, 0.29) is 17.5 Å². The van der Waals surface area contributed by atoms with Crippen LogP contribution in [0.4, 0.5) is 10.2 Å². The van der Waals surface area contributed by atoms with Gasteiger partial charge >= 0.3 is 0 Å². The van der Waals surface area contributed by atoms with Crippen LogP contribution in [0.2, 0.25) is 0 Å². The van der Waals surface area contributed by atoms with Gasteiger partial charge in [0, 0.05) is 18.6 Å². The first-order chi connectivity index (χ1) is 9.71. The highest BCUT2D eigenvalue weighted by Crippen LogP contribution is 2.59. The fraction of sp³-hybridized carbons (Fsp3) is 0.733. The predicted octanol–water partition coefficient (Wildman–Crippen LogP) is 2.68. The minimum Gasteiger partial charge on any atom is -0.374 e. The average molecular weight is 277 g/mol. The second kappa shape index (κ2) is 4.38. The Bertz CT molecular complexity index is 538. The minimum atomic E-state index is -0.324. The van der Waals surface area contributed by atoms with Crippen LogP contribution in [0.5, 0.6) is 0 Å². The van der Waals surface area contributed by atoms with Crippen molar-refractivity contribution >= 4 is 5.82 Å². The number of anilines is 1. The molecular weight excluding hydrogens is 257 g/mol. The quantitative estimate of drug-likeness (QED) is 0.903. The first-order valence-electron chi connectivity index (χ1n) is 7.58. The summed E-state index contributed by atoms with van der Waals surface area (Å²) in [6, 6.07) is 0.280. The molecule has 2 heterocycles. The Balaban J connectivity index is 1.56. The van der Waals surface area contributed by atoms with Gasteiger partial charge in [0.2, 0.25) is 0 Å². The third-order valence-electron chi connectivity index (χ3n) is 5.55. The molecule has 0 bridgehead atoms. The lowest BCUT2D eigenvalue weighted by Gasteiger charge is -2.57. The van der Waals surface area contributed by atoms with Gasteiger partial charge in [-0.25, -0.2) is 14.4 Å². The molecular formula is C15H20FN3O. The van der Waals surface area contributed by atoms with E-state index in [2.05, 4.69) is 15.3 Å². The van der Waals surface area contributed by atoms with Crippen molar-refractivity contribution in [2.45, 2.75) is 50.7 Å². The lowest BCUT2D eigenvalue weighted by atomic mass is 9.53. The number of hydrogen-bond acceptors (Lipinski definition) is 4. The van der Waals surface area contributed by atoms with Crippen molar-refractivity contribution in [1.82, 2.24) is 9.97 Å². The van der Waals surface area contributed by atoms with Crippen LogP contribution >= 0.6 is 0 Å². The molecule has 1 aromatic rings. The smallest absolute Gasteiger partial charge is 0.186 e. The SMILES string of the molecule is Cc1ncnc(NC2CCCC34OCCC3CC24)c1F. The lowest BCUT2D eigenvalue weighted by molar-refractivity contribution is -0.161. The van der Waals surface area contributed by atoms with Crippen molar-refractivity contribution in [3.8, 4) is 0 Å². The molecule has 0 aromatic carbocycles. The Hall–Kier alpha value is -1.23. The summed E-state index contributed by atoms with van der Waals surface area (Å²) in [6.07, 6.45) is 7.23. The van der Waals surface area contributed by atoms with Gasteiger partial charge in [-0.2, -0.15) is 0 Å². The standard InChI is InChI=1S/C15H20FN3O/c1-9-13(16)14(18-8-17-9)19-12-3-2-5-15-10(4-6-20-15)7-11(12)15/h8,10-12H,2-7H2,1H3,(H,17,18,19). The first kappa shape index (κ1) is 12.5. The van der Waals surface area contributed by atoms with Gasteiger partial charge in [0.25, 0.3) is 0 Å². The molecule has 4 unspecified atom stereocenters. The molecule has 5 heteroatoms. The molecule has 4 atom stereocenters. The molecule has 1 saturated heterocycles. The third-order valence-corrected chi connectivity index (χ3v) is 5.55. The predicted molar refractivity (Wildman–Crippen MR) is 72.9 cm³/mol. The molecule has 4 nitrogen and oxygen atoms in total. The molecule has 108 valence electrons. The van der Waals surface area contributed by atoms with Crippen molar-refractivity contribution in [1.29, 1.82) is 0 Å². The summed E-state index contributed by atoms with van der Waals surface area (Å²) in [4.78, 5) is 7.94. The van der Waals surface area contributed by atoms with Crippen molar-refractivity contribution in [2.75, 3.05) is 11.9 Å². The van der Waals surface area contributed by atoms with E-state index in [0.717, 1.165) is 25.4 Å². The molecule has 1 aliphatic heterocycles. The number of hydrogen-bond donors (Lipinski definition) is 1. The first-order valence-corrected chi connectivity index (χ1v) is 7.58. The van der Waals surface area contributed by atoms with Crippen LogP contribution in [-0.2, 0) is 4.74 Å². The third kappa shape index (κ3) is 1.62. The maximum absolute atomic E-state index is 14.0. The van der Waals surface area contributed by atoms with Crippen molar-refractivity contribution in [3.05, 3.63) is 17.8 Å². The van der Waals surface area contributed by atoms with Crippen LogP contribution in [0.25, 0.3) is 0 Å². The summed E-state index contributed by atoms with van der Waals surface area (Å²) in [6.45, 7) is 2.57. The van der Waals surface area contributed by atoms with Gasteiger partial charge in [0.05, 0.1) is 11.3 Å². The molecule has 3 aliphatic rings. The molecule has 2 saturated carbocycles. The zero-order valence-corrected chi connectivity index (χ0v) is 11.7. The summed E-state index contributed by atoms with van der Waals surface area (Å²) in [7, 11) is 0. The second-order valence-electron chi connectivity index (χ2n) is 6.40. The number of aryl methyl sites for hydroxylation is 1. The van der Waals surface area contributed by atoms with Gasteiger partial charge in [-0.05, 0) is 44.9 Å². The van der Waals surface area contributed by atoms with Crippen LogP contribution in [0.1, 0.15) is 37.8 Å². The summed E-state index contributed by atoms with van der Waals surface area (Å²) in [5.41, 5.74) is 0.491. The molecule has 1 aromatic heterocycles. The van der Waals surface area contributed by atoms with Gasteiger partial charge in [-0.15, -0.1) is 0 Å². The summed E-state index contributed by atoms with van der Waals surface area (Å²) >= 11 is 0. The van der Waals surface area contributed by atoms with Crippen LogP contribution in [0, 0.1) is 24.6 Å². The van der Waals surface area contributed by atoms with Crippen molar-refractivity contribution < 1.29 is 9.13 Å². The van der Waals surface area contributed by atoms with E-state index >= 15 is 0 Å². The largest absolute Gasteiger partial charge is 0.374 e. The van der Waals surface area contributed by atoms with Crippen LogP contribution in [-0.4, -0.2) is 28.2 Å². The molecule has 2 aliphatic carbocycles. The molecule has 3 fully saturated rings. The Morgan fingerprint density at radius 1 is 1.40 bits per heavy atom. The van der Waals surface area contributed by atoms with Gasteiger partial charge in [-0.1, -0.05) is 0 Å². The highest BCUT2D eigenvalue weighted by Gasteiger charge is 2.62. The van der Waals surface area contributed by atoms with E-state index in [9.17, 15) is 4.39 Å². The van der Waals surface area contributed by atoms with Crippen molar-refractivity contribution in [3.63, 3.8) is 0 Å². The summed E-state index contributed by atoms with van der Waals surface area (Å²) < 4.78 is 20.1. The zero-order chi connectivity index (χ0) is 13.7. The summed E-state index contributed by atoms with van der Waals surface area (Å²) in [5, 5.41) is 3.32. The molecule has 0 amide bonds. The Morgan fingerprint density at radius 3 is 3.15 bits per heavy atom.